The average molecular weight is 486 g/mol. The number of carbonyl (C=O) groups is 1. The Kier molecular flexibility index (Phi) is 5.60. The first-order chi connectivity index (χ1) is 17.5. The zero-order chi connectivity index (χ0) is 24.9. The number of fused-ring (bicyclic) bond motifs is 5. The molecule has 1 saturated heterocycles. The summed E-state index contributed by atoms with van der Waals surface area (Å²) in [4.78, 5) is 22.1. The third-order valence-electron chi connectivity index (χ3n) is 7.54. The van der Waals surface area contributed by atoms with Gasteiger partial charge in [-0.2, -0.15) is 0 Å². The van der Waals surface area contributed by atoms with Gasteiger partial charge in [0, 0.05) is 75.4 Å². The number of carbonyl (C=O) groups excluding carboxylic acids is 1. The lowest BCUT2D eigenvalue weighted by Gasteiger charge is -2.24. The molecule has 1 atom stereocenters. The maximum atomic E-state index is 13.8. The van der Waals surface area contributed by atoms with Crippen LogP contribution in [0.25, 0.3) is 11.1 Å². The predicted molar refractivity (Wildman–Crippen MR) is 139 cm³/mol. The van der Waals surface area contributed by atoms with Crippen LogP contribution in [0.15, 0.2) is 48.7 Å². The van der Waals surface area contributed by atoms with Crippen molar-refractivity contribution < 1.29 is 19.0 Å². The number of hydrogen-bond donors (Lipinski definition) is 0. The maximum Gasteiger partial charge on any atom is 0.245 e. The van der Waals surface area contributed by atoms with Crippen molar-refractivity contribution in [1.29, 1.82) is 0 Å². The summed E-state index contributed by atoms with van der Waals surface area (Å²) in [6, 6.07) is 14.2. The Labute approximate surface area is 211 Å². The van der Waals surface area contributed by atoms with E-state index in [1.54, 1.807) is 4.90 Å². The zero-order valence-corrected chi connectivity index (χ0v) is 21.0. The molecule has 186 valence electrons. The molecule has 36 heavy (non-hydrogen) atoms. The van der Waals surface area contributed by atoms with Gasteiger partial charge in [-0.3, -0.25) is 4.79 Å². The number of hydrogen-bond acceptors (Lipinski definition) is 6. The van der Waals surface area contributed by atoms with E-state index in [2.05, 4.69) is 23.2 Å². The van der Waals surface area contributed by atoms with E-state index < -0.39 is 5.41 Å². The molecule has 0 aliphatic carbocycles. The number of ether oxygens (including phenoxy) is 3. The van der Waals surface area contributed by atoms with Gasteiger partial charge in [-0.15, -0.1) is 0 Å². The summed E-state index contributed by atoms with van der Waals surface area (Å²) in [7, 11) is 5.79. The summed E-state index contributed by atoms with van der Waals surface area (Å²) < 4.78 is 16.8. The molecule has 1 fully saturated rings. The molecule has 2 aromatic carbocycles. The molecule has 1 aromatic heterocycles. The van der Waals surface area contributed by atoms with Gasteiger partial charge in [-0.1, -0.05) is 12.1 Å². The highest BCUT2D eigenvalue weighted by Crippen LogP contribution is 2.56. The van der Waals surface area contributed by atoms with E-state index in [0.29, 0.717) is 13.2 Å². The molecule has 7 rings (SSSR count). The van der Waals surface area contributed by atoms with E-state index in [1.807, 2.05) is 56.5 Å². The number of benzene rings is 2. The zero-order valence-electron chi connectivity index (χ0n) is 21.0. The fourth-order valence-corrected chi connectivity index (χ4v) is 5.64. The molecule has 4 aliphatic rings. The Morgan fingerprint density at radius 2 is 1.83 bits per heavy atom. The van der Waals surface area contributed by atoms with Crippen LogP contribution in [0.5, 0.6) is 11.5 Å². The standard InChI is InChI=1S/C25H23N3O3.C4H8O/c1-27(2)22-8-7-16(13-26-22)17-5-4-6-19-23(17)25(24(29)28(19)3)14-31-21-12-20-15(9-10-30-20)11-18(21)25;1-2-4-5-3-1/h4-8,11-13H,9-10,14H2,1-3H3;1-4H2. The van der Waals surface area contributed by atoms with Crippen molar-refractivity contribution >= 4 is 17.4 Å². The monoisotopic (exact) mass is 485 g/mol. The largest absolute Gasteiger partial charge is 0.493 e. The Morgan fingerprint density at radius 1 is 1.00 bits per heavy atom. The molecule has 7 heteroatoms. The number of likely N-dealkylation sites (N-methyl/N-ethyl adjacent to an activating group) is 1. The molecule has 7 nitrogen and oxygen atoms in total. The molecule has 5 heterocycles. The van der Waals surface area contributed by atoms with Crippen LogP contribution in [-0.2, 0) is 21.4 Å². The summed E-state index contributed by atoms with van der Waals surface area (Å²) in [5.74, 6) is 2.55. The number of anilines is 2. The highest BCUT2D eigenvalue weighted by molar-refractivity contribution is 6.13. The van der Waals surface area contributed by atoms with Crippen LogP contribution in [0.4, 0.5) is 11.5 Å². The van der Waals surface area contributed by atoms with Gasteiger partial charge in [0.2, 0.25) is 5.91 Å². The second-order valence-corrected chi connectivity index (χ2v) is 9.93. The Hall–Kier alpha value is -3.58. The van der Waals surface area contributed by atoms with Crippen LogP contribution in [0.3, 0.4) is 0 Å². The minimum atomic E-state index is -0.853. The first kappa shape index (κ1) is 22.9. The fraction of sp³-hybridized carbons (Fsp3) is 0.379. The third-order valence-corrected chi connectivity index (χ3v) is 7.54. The molecular weight excluding hydrogens is 454 g/mol. The van der Waals surface area contributed by atoms with Crippen molar-refractivity contribution in [1.82, 2.24) is 4.98 Å². The van der Waals surface area contributed by atoms with Gasteiger partial charge in [-0.25, -0.2) is 4.98 Å². The van der Waals surface area contributed by atoms with Gasteiger partial charge in [0.05, 0.1) is 6.61 Å². The van der Waals surface area contributed by atoms with Crippen LogP contribution in [-0.4, -0.2) is 58.5 Å². The fourth-order valence-electron chi connectivity index (χ4n) is 5.64. The Balaban J connectivity index is 0.000000431. The van der Waals surface area contributed by atoms with Gasteiger partial charge in [0.25, 0.3) is 0 Å². The van der Waals surface area contributed by atoms with Crippen molar-refractivity contribution in [3.8, 4) is 22.6 Å². The molecular formula is C29H31N3O4. The van der Waals surface area contributed by atoms with Gasteiger partial charge < -0.3 is 24.0 Å². The lowest BCUT2D eigenvalue weighted by molar-refractivity contribution is -0.121. The first-order valence-electron chi connectivity index (χ1n) is 12.6. The van der Waals surface area contributed by atoms with Gasteiger partial charge in [0.1, 0.15) is 29.3 Å². The molecule has 0 radical (unpaired) electrons. The van der Waals surface area contributed by atoms with E-state index >= 15 is 0 Å². The van der Waals surface area contributed by atoms with Crippen molar-refractivity contribution in [3.63, 3.8) is 0 Å². The highest BCUT2D eigenvalue weighted by Gasteiger charge is 2.57. The predicted octanol–water partition coefficient (Wildman–Crippen LogP) is 4.20. The third kappa shape index (κ3) is 3.45. The number of nitrogens with zero attached hydrogens (tertiary/aromatic N) is 3. The topological polar surface area (TPSA) is 64.1 Å². The van der Waals surface area contributed by atoms with Crippen molar-refractivity contribution in [3.05, 3.63) is 65.4 Å². The van der Waals surface area contributed by atoms with Gasteiger partial charge in [-0.05, 0) is 48.2 Å². The molecule has 0 saturated carbocycles. The van der Waals surface area contributed by atoms with E-state index in [-0.39, 0.29) is 5.91 Å². The number of aromatic nitrogens is 1. The first-order valence-corrected chi connectivity index (χ1v) is 12.6. The van der Waals surface area contributed by atoms with Crippen molar-refractivity contribution in [2.75, 3.05) is 57.4 Å². The van der Waals surface area contributed by atoms with E-state index in [4.69, 9.17) is 14.2 Å². The second kappa shape index (κ2) is 8.82. The molecule has 1 amide bonds. The summed E-state index contributed by atoms with van der Waals surface area (Å²) >= 11 is 0. The number of amides is 1. The van der Waals surface area contributed by atoms with E-state index in [1.165, 1.54) is 12.8 Å². The maximum absolute atomic E-state index is 13.8. The highest BCUT2D eigenvalue weighted by atomic mass is 16.5. The van der Waals surface area contributed by atoms with E-state index in [9.17, 15) is 4.79 Å². The van der Waals surface area contributed by atoms with Gasteiger partial charge in [0.15, 0.2) is 0 Å². The summed E-state index contributed by atoms with van der Waals surface area (Å²) in [6.07, 6.45) is 5.29. The van der Waals surface area contributed by atoms with Crippen LogP contribution in [0.1, 0.15) is 29.5 Å². The van der Waals surface area contributed by atoms with E-state index in [0.717, 1.165) is 70.5 Å². The quantitative estimate of drug-likeness (QED) is 0.542. The lowest BCUT2D eigenvalue weighted by Crippen LogP contribution is -2.41. The smallest absolute Gasteiger partial charge is 0.245 e. The molecule has 1 spiro atoms. The Morgan fingerprint density at radius 3 is 2.53 bits per heavy atom. The molecule has 3 aromatic rings. The lowest BCUT2D eigenvalue weighted by atomic mass is 9.74. The normalized spacial score (nSPS) is 20.9. The molecule has 4 aliphatic heterocycles. The summed E-state index contributed by atoms with van der Waals surface area (Å²) in [5, 5.41) is 0. The number of pyridine rings is 1. The minimum Gasteiger partial charge on any atom is -0.493 e. The average Bonchev–Trinajstić information content (AvgIpc) is 3.70. The van der Waals surface area contributed by atoms with Crippen LogP contribution >= 0.6 is 0 Å². The summed E-state index contributed by atoms with van der Waals surface area (Å²) in [6.45, 7) is 2.96. The SMILES string of the molecule is C1CCOC1.CN(C)c1ccc(-c2cccc3c2C2(COc4cc5c(cc42)CCO5)C(=O)N3C)cn1. The molecule has 0 bridgehead atoms. The van der Waals surface area contributed by atoms with Crippen LogP contribution < -0.4 is 19.3 Å². The molecule has 0 N–H and O–H groups in total. The molecule has 1 unspecified atom stereocenters. The summed E-state index contributed by atoms with van der Waals surface area (Å²) in [5.41, 5.74) is 5.16. The number of rotatable bonds is 2. The minimum absolute atomic E-state index is 0.0467. The van der Waals surface area contributed by atoms with Crippen molar-refractivity contribution in [2.45, 2.75) is 24.7 Å². The van der Waals surface area contributed by atoms with Crippen LogP contribution in [0.2, 0.25) is 0 Å². The van der Waals surface area contributed by atoms with Gasteiger partial charge >= 0.3 is 0 Å². The second-order valence-electron chi connectivity index (χ2n) is 9.93. The Bertz CT molecular complexity index is 1310. The van der Waals surface area contributed by atoms with Crippen molar-refractivity contribution in [2.24, 2.45) is 0 Å². The van der Waals surface area contributed by atoms with Crippen LogP contribution in [0, 0.1) is 0 Å².